The van der Waals surface area contributed by atoms with E-state index in [9.17, 15) is 4.79 Å². The van der Waals surface area contributed by atoms with Crippen LogP contribution in [-0.4, -0.2) is 54.3 Å². The average Bonchev–Trinajstić information content (AvgIpc) is 2.79. The fraction of sp³-hybridized carbons (Fsp3) is 0.292. The zero-order valence-electron chi connectivity index (χ0n) is 17.4. The van der Waals surface area contributed by atoms with E-state index in [1.807, 2.05) is 66.4 Å². The largest absolute Gasteiger partial charge is 0.496 e. The van der Waals surface area contributed by atoms with E-state index in [4.69, 9.17) is 4.74 Å². The minimum Gasteiger partial charge on any atom is -0.496 e. The summed E-state index contributed by atoms with van der Waals surface area (Å²) in [5.41, 5.74) is 3.95. The van der Waals surface area contributed by atoms with Gasteiger partial charge in [0.2, 0.25) is 5.91 Å². The van der Waals surface area contributed by atoms with Gasteiger partial charge in [-0.3, -0.25) is 4.79 Å². The Morgan fingerprint density at radius 2 is 1.77 bits per heavy atom. The predicted molar refractivity (Wildman–Crippen MR) is 118 cm³/mol. The molecule has 0 N–H and O–H groups in total. The van der Waals surface area contributed by atoms with E-state index < -0.39 is 0 Å². The molecule has 1 saturated heterocycles. The second-order valence-electron chi connectivity index (χ2n) is 7.51. The molecule has 2 heterocycles. The molecule has 30 heavy (non-hydrogen) atoms. The van der Waals surface area contributed by atoms with Crippen molar-refractivity contribution < 1.29 is 9.53 Å². The molecule has 0 unspecified atom stereocenters. The summed E-state index contributed by atoms with van der Waals surface area (Å²) in [6, 6.07) is 19.9. The summed E-state index contributed by atoms with van der Waals surface area (Å²) in [7, 11) is 1.65. The molecule has 1 fully saturated rings. The van der Waals surface area contributed by atoms with Gasteiger partial charge in [-0.2, -0.15) is 0 Å². The van der Waals surface area contributed by atoms with Crippen LogP contribution in [-0.2, 0) is 11.2 Å². The van der Waals surface area contributed by atoms with Crippen molar-refractivity contribution in [1.29, 1.82) is 0 Å². The Morgan fingerprint density at radius 3 is 2.47 bits per heavy atom. The third-order valence-electron chi connectivity index (χ3n) is 5.43. The van der Waals surface area contributed by atoms with Gasteiger partial charge in [-0.1, -0.05) is 42.0 Å². The van der Waals surface area contributed by atoms with E-state index in [1.165, 1.54) is 5.56 Å². The molecule has 154 valence electrons. The zero-order chi connectivity index (χ0) is 20.9. The fourth-order valence-corrected chi connectivity index (χ4v) is 3.79. The molecule has 1 aliphatic rings. The lowest BCUT2D eigenvalue weighted by Crippen LogP contribution is -2.49. The number of rotatable bonds is 5. The van der Waals surface area contributed by atoms with Crippen molar-refractivity contribution in [2.75, 3.05) is 38.2 Å². The minimum absolute atomic E-state index is 0.179. The topological polar surface area (TPSA) is 58.6 Å². The molecule has 1 amide bonds. The van der Waals surface area contributed by atoms with Crippen LogP contribution in [0.5, 0.6) is 5.75 Å². The average molecular weight is 402 g/mol. The molecule has 0 atom stereocenters. The van der Waals surface area contributed by atoms with E-state index in [1.54, 1.807) is 7.11 Å². The maximum Gasteiger partial charge on any atom is 0.227 e. The van der Waals surface area contributed by atoms with Crippen LogP contribution in [0.2, 0.25) is 0 Å². The maximum absolute atomic E-state index is 12.7. The number of hydrogen-bond donors (Lipinski definition) is 0. The zero-order valence-corrected chi connectivity index (χ0v) is 17.4. The Hall–Kier alpha value is -3.41. The third kappa shape index (κ3) is 4.43. The quantitative estimate of drug-likeness (QED) is 0.655. The van der Waals surface area contributed by atoms with Crippen LogP contribution in [0.1, 0.15) is 11.1 Å². The SMILES string of the molecule is COc1ccccc1-c1ccc(N2CCN(C(=O)Cc3cccc(C)c3)CC2)nn1. The van der Waals surface area contributed by atoms with E-state index in [2.05, 4.69) is 21.2 Å². The van der Waals surface area contributed by atoms with Crippen LogP contribution in [0.25, 0.3) is 11.3 Å². The highest BCUT2D eigenvalue weighted by atomic mass is 16.5. The van der Waals surface area contributed by atoms with Crippen LogP contribution in [0, 0.1) is 6.92 Å². The summed E-state index contributed by atoms with van der Waals surface area (Å²) in [5, 5.41) is 8.82. The normalized spacial score (nSPS) is 13.9. The van der Waals surface area contributed by atoms with Crippen LogP contribution < -0.4 is 9.64 Å². The van der Waals surface area contributed by atoms with Crippen molar-refractivity contribution in [2.45, 2.75) is 13.3 Å². The lowest BCUT2D eigenvalue weighted by molar-refractivity contribution is -0.130. The Balaban J connectivity index is 1.36. The lowest BCUT2D eigenvalue weighted by atomic mass is 10.1. The van der Waals surface area contributed by atoms with Gasteiger partial charge in [0.1, 0.15) is 5.75 Å². The van der Waals surface area contributed by atoms with Gasteiger partial charge in [-0.05, 0) is 36.8 Å². The highest BCUT2D eigenvalue weighted by molar-refractivity contribution is 5.79. The number of carbonyl (C=O) groups excluding carboxylic acids is 1. The number of para-hydroxylation sites is 1. The van der Waals surface area contributed by atoms with Crippen molar-refractivity contribution in [3.8, 4) is 17.0 Å². The van der Waals surface area contributed by atoms with Crippen LogP contribution in [0.3, 0.4) is 0 Å². The number of ether oxygens (including phenoxy) is 1. The molecule has 1 aliphatic heterocycles. The molecule has 2 aromatic carbocycles. The molecule has 0 bridgehead atoms. The predicted octanol–water partition coefficient (Wildman–Crippen LogP) is 3.35. The van der Waals surface area contributed by atoms with Gasteiger partial charge in [0.05, 0.1) is 19.2 Å². The van der Waals surface area contributed by atoms with Crippen molar-refractivity contribution in [1.82, 2.24) is 15.1 Å². The highest BCUT2D eigenvalue weighted by Crippen LogP contribution is 2.28. The first-order valence-electron chi connectivity index (χ1n) is 10.2. The van der Waals surface area contributed by atoms with Crippen LogP contribution in [0.4, 0.5) is 5.82 Å². The molecule has 6 nitrogen and oxygen atoms in total. The van der Waals surface area contributed by atoms with E-state index in [0.29, 0.717) is 19.5 Å². The summed E-state index contributed by atoms with van der Waals surface area (Å²) < 4.78 is 5.41. The summed E-state index contributed by atoms with van der Waals surface area (Å²) in [4.78, 5) is 16.8. The smallest absolute Gasteiger partial charge is 0.227 e. The Labute approximate surface area is 177 Å². The summed E-state index contributed by atoms with van der Waals surface area (Å²) in [6.07, 6.45) is 0.453. The van der Waals surface area contributed by atoms with E-state index >= 15 is 0 Å². The standard InChI is InChI=1S/C24H26N4O2/c1-18-6-5-7-19(16-18)17-24(29)28-14-12-27(13-15-28)23-11-10-21(25-26-23)20-8-3-4-9-22(20)30-2/h3-11,16H,12-15,17H2,1-2H3. The Kier molecular flexibility index (Phi) is 5.93. The number of nitrogens with zero attached hydrogens (tertiary/aromatic N) is 4. The monoisotopic (exact) mass is 402 g/mol. The van der Waals surface area contributed by atoms with Crippen molar-refractivity contribution in [3.63, 3.8) is 0 Å². The van der Waals surface area contributed by atoms with E-state index in [-0.39, 0.29) is 5.91 Å². The number of benzene rings is 2. The van der Waals surface area contributed by atoms with Crippen molar-refractivity contribution >= 4 is 11.7 Å². The molecule has 0 radical (unpaired) electrons. The van der Waals surface area contributed by atoms with Crippen molar-refractivity contribution in [2.24, 2.45) is 0 Å². The number of carbonyl (C=O) groups is 1. The summed E-state index contributed by atoms with van der Waals surface area (Å²) >= 11 is 0. The molecule has 1 aromatic heterocycles. The first kappa shape index (κ1) is 19.9. The number of aryl methyl sites for hydroxylation is 1. The first-order chi connectivity index (χ1) is 14.6. The number of anilines is 1. The van der Waals surface area contributed by atoms with Gasteiger partial charge in [0.25, 0.3) is 0 Å². The molecule has 0 aliphatic carbocycles. The summed E-state index contributed by atoms with van der Waals surface area (Å²) in [5.74, 6) is 1.79. The number of aromatic nitrogens is 2. The summed E-state index contributed by atoms with van der Waals surface area (Å²) in [6.45, 7) is 4.94. The molecular weight excluding hydrogens is 376 g/mol. The molecule has 0 saturated carbocycles. The first-order valence-corrected chi connectivity index (χ1v) is 10.2. The Bertz CT molecular complexity index is 1010. The van der Waals surface area contributed by atoms with Gasteiger partial charge in [0.15, 0.2) is 5.82 Å². The van der Waals surface area contributed by atoms with Gasteiger partial charge < -0.3 is 14.5 Å². The van der Waals surface area contributed by atoms with Gasteiger partial charge in [-0.15, -0.1) is 10.2 Å². The number of methoxy groups -OCH3 is 1. The van der Waals surface area contributed by atoms with E-state index in [0.717, 1.165) is 41.5 Å². The molecule has 3 aromatic rings. The van der Waals surface area contributed by atoms with Crippen molar-refractivity contribution in [3.05, 3.63) is 71.8 Å². The second-order valence-corrected chi connectivity index (χ2v) is 7.51. The number of piperazine rings is 1. The highest BCUT2D eigenvalue weighted by Gasteiger charge is 2.22. The molecular formula is C24H26N4O2. The van der Waals surface area contributed by atoms with Gasteiger partial charge in [0, 0.05) is 31.7 Å². The second kappa shape index (κ2) is 8.95. The number of hydrogen-bond acceptors (Lipinski definition) is 5. The maximum atomic E-state index is 12.7. The lowest BCUT2D eigenvalue weighted by Gasteiger charge is -2.35. The Morgan fingerprint density at radius 1 is 0.967 bits per heavy atom. The minimum atomic E-state index is 0.179. The van der Waals surface area contributed by atoms with Crippen LogP contribution >= 0.6 is 0 Å². The van der Waals surface area contributed by atoms with Crippen LogP contribution in [0.15, 0.2) is 60.7 Å². The van der Waals surface area contributed by atoms with Gasteiger partial charge >= 0.3 is 0 Å². The molecule has 4 rings (SSSR count). The molecule has 0 spiro atoms. The number of amides is 1. The van der Waals surface area contributed by atoms with Gasteiger partial charge in [-0.25, -0.2) is 0 Å². The third-order valence-corrected chi connectivity index (χ3v) is 5.43. The molecule has 6 heteroatoms. The fourth-order valence-electron chi connectivity index (χ4n) is 3.79.